The summed E-state index contributed by atoms with van der Waals surface area (Å²) in [7, 11) is 0. The van der Waals surface area contributed by atoms with E-state index in [1.807, 2.05) is 6.07 Å². The highest BCUT2D eigenvalue weighted by Gasteiger charge is 2.10. The summed E-state index contributed by atoms with van der Waals surface area (Å²) in [5.41, 5.74) is 0.949. The zero-order chi connectivity index (χ0) is 14.9. The van der Waals surface area contributed by atoms with Crippen molar-refractivity contribution < 1.29 is 9.26 Å². The van der Waals surface area contributed by atoms with Gasteiger partial charge in [-0.15, -0.1) is 0 Å². The molecule has 0 saturated carbocycles. The highest BCUT2D eigenvalue weighted by molar-refractivity contribution is 5.04. The van der Waals surface area contributed by atoms with Crippen molar-refractivity contribution >= 4 is 0 Å². The van der Waals surface area contributed by atoms with Gasteiger partial charge in [0.25, 0.3) is 0 Å². The van der Waals surface area contributed by atoms with E-state index in [2.05, 4.69) is 29.2 Å². The van der Waals surface area contributed by atoms with Crippen LogP contribution in [0.15, 0.2) is 10.6 Å². The Labute approximate surface area is 128 Å². The fourth-order valence-corrected chi connectivity index (χ4v) is 2.55. The number of nitrogens with one attached hydrogen (secondary N) is 1. The van der Waals surface area contributed by atoms with Gasteiger partial charge in [-0.25, -0.2) is 0 Å². The molecule has 0 aliphatic carbocycles. The molecular formula is C16H29N3O2. The topological polar surface area (TPSA) is 50.5 Å². The molecule has 1 saturated heterocycles. The number of rotatable bonds is 9. The standard InChI is InChI=1S/C16H29N3O2/c1-14(2)11-17-12-15-10-16(21-18-15)13-20-9-8-19-6-4-3-5-7-19/h10,14,17H,3-9,11-13H2,1-2H3. The highest BCUT2D eigenvalue weighted by Crippen LogP contribution is 2.09. The first kappa shape index (κ1) is 16.5. The molecule has 5 nitrogen and oxygen atoms in total. The van der Waals surface area contributed by atoms with Gasteiger partial charge in [0.05, 0.1) is 12.3 Å². The van der Waals surface area contributed by atoms with E-state index in [0.29, 0.717) is 12.5 Å². The van der Waals surface area contributed by atoms with Crippen LogP contribution in [0.3, 0.4) is 0 Å². The van der Waals surface area contributed by atoms with Crippen LogP contribution in [0.25, 0.3) is 0 Å². The molecule has 1 aromatic heterocycles. The first-order chi connectivity index (χ1) is 10.2. The molecule has 2 heterocycles. The summed E-state index contributed by atoms with van der Waals surface area (Å²) >= 11 is 0. The zero-order valence-electron chi connectivity index (χ0n) is 13.4. The van der Waals surface area contributed by atoms with Gasteiger partial charge >= 0.3 is 0 Å². The van der Waals surface area contributed by atoms with E-state index in [4.69, 9.17) is 9.26 Å². The van der Waals surface area contributed by atoms with Gasteiger partial charge in [-0.3, -0.25) is 0 Å². The summed E-state index contributed by atoms with van der Waals surface area (Å²) in [5, 5.41) is 7.41. The summed E-state index contributed by atoms with van der Waals surface area (Å²) in [6.45, 7) is 10.9. The van der Waals surface area contributed by atoms with Crippen LogP contribution in [0, 0.1) is 5.92 Å². The van der Waals surface area contributed by atoms with Crippen LogP contribution in [-0.4, -0.2) is 42.8 Å². The van der Waals surface area contributed by atoms with Crippen LogP contribution in [0.4, 0.5) is 0 Å². The summed E-state index contributed by atoms with van der Waals surface area (Å²) in [6, 6.07) is 1.98. The minimum absolute atomic E-state index is 0.519. The number of piperidine rings is 1. The molecule has 0 spiro atoms. The maximum absolute atomic E-state index is 5.68. The molecule has 120 valence electrons. The summed E-state index contributed by atoms with van der Waals surface area (Å²) < 4.78 is 11.0. The second kappa shape index (κ2) is 9.18. The molecule has 0 unspecified atom stereocenters. The lowest BCUT2D eigenvalue weighted by molar-refractivity contribution is 0.0733. The molecular weight excluding hydrogens is 266 g/mol. The first-order valence-electron chi connectivity index (χ1n) is 8.19. The third kappa shape index (κ3) is 6.59. The Balaban J connectivity index is 1.57. The third-order valence-corrected chi connectivity index (χ3v) is 3.71. The molecule has 1 N–H and O–H groups in total. The van der Waals surface area contributed by atoms with E-state index in [9.17, 15) is 0 Å². The fourth-order valence-electron chi connectivity index (χ4n) is 2.55. The van der Waals surface area contributed by atoms with E-state index < -0.39 is 0 Å². The van der Waals surface area contributed by atoms with Gasteiger partial charge in [0.15, 0.2) is 5.76 Å². The Kier molecular flexibility index (Phi) is 7.19. The maximum Gasteiger partial charge on any atom is 0.162 e. The first-order valence-corrected chi connectivity index (χ1v) is 8.19. The lowest BCUT2D eigenvalue weighted by Crippen LogP contribution is -2.32. The quantitative estimate of drug-likeness (QED) is 0.709. The van der Waals surface area contributed by atoms with E-state index in [1.165, 1.54) is 32.4 Å². The summed E-state index contributed by atoms with van der Waals surface area (Å²) in [5.74, 6) is 1.46. The van der Waals surface area contributed by atoms with E-state index in [1.54, 1.807) is 0 Å². The molecule has 2 rings (SSSR count). The molecule has 0 aromatic carbocycles. The fraction of sp³-hybridized carbons (Fsp3) is 0.812. The molecule has 0 bridgehead atoms. The lowest BCUT2D eigenvalue weighted by Gasteiger charge is -2.25. The van der Waals surface area contributed by atoms with Crippen LogP contribution >= 0.6 is 0 Å². The minimum Gasteiger partial charge on any atom is -0.372 e. The summed E-state index contributed by atoms with van der Waals surface area (Å²) in [4.78, 5) is 2.48. The van der Waals surface area contributed by atoms with Gasteiger partial charge in [0.2, 0.25) is 0 Å². The van der Waals surface area contributed by atoms with Crippen molar-refractivity contribution in [2.24, 2.45) is 5.92 Å². The molecule has 1 aromatic rings. The van der Waals surface area contributed by atoms with Gasteiger partial charge in [0.1, 0.15) is 6.61 Å². The van der Waals surface area contributed by atoms with Crippen molar-refractivity contribution in [3.63, 3.8) is 0 Å². The predicted molar refractivity (Wildman–Crippen MR) is 83.0 cm³/mol. The van der Waals surface area contributed by atoms with Crippen molar-refractivity contribution in [3.05, 3.63) is 17.5 Å². The molecule has 0 amide bonds. The van der Waals surface area contributed by atoms with E-state index in [0.717, 1.165) is 37.7 Å². The molecule has 0 radical (unpaired) electrons. The second-order valence-electron chi connectivity index (χ2n) is 6.26. The SMILES string of the molecule is CC(C)CNCc1cc(COCCN2CCCCC2)on1. The maximum atomic E-state index is 5.68. The Morgan fingerprint density at radius 3 is 2.90 bits per heavy atom. The predicted octanol–water partition coefficient (Wildman–Crippen LogP) is 2.42. The molecule has 21 heavy (non-hydrogen) atoms. The van der Waals surface area contributed by atoms with Crippen molar-refractivity contribution in [1.82, 2.24) is 15.4 Å². The highest BCUT2D eigenvalue weighted by atomic mass is 16.5. The van der Waals surface area contributed by atoms with Gasteiger partial charge in [-0.2, -0.15) is 0 Å². The number of aromatic nitrogens is 1. The Bertz CT molecular complexity index is 387. The third-order valence-electron chi connectivity index (χ3n) is 3.71. The Morgan fingerprint density at radius 1 is 1.33 bits per heavy atom. The summed E-state index contributed by atoms with van der Waals surface area (Å²) in [6.07, 6.45) is 4.03. The van der Waals surface area contributed by atoms with Crippen LogP contribution in [0.5, 0.6) is 0 Å². The monoisotopic (exact) mass is 295 g/mol. The van der Waals surface area contributed by atoms with Gasteiger partial charge in [0, 0.05) is 19.2 Å². The van der Waals surface area contributed by atoms with E-state index >= 15 is 0 Å². The molecule has 5 heteroatoms. The second-order valence-corrected chi connectivity index (χ2v) is 6.26. The largest absolute Gasteiger partial charge is 0.372 e. The smallest absolute Gasteiger partial charge is 0.162 e. The van der Waals surface area contributed by atoms with Crippen molar-refractivity contribution in [2.75, 3.05) is 32.8 Å². The van der Waals surface area contributed by atoms with Gasteiger partial charge in [-0.1, -0.05) is 25.4 Å². The average molecular weight is 295 g/mol. The van der Waals surface area contributed by atoms with Gasteiger partial charge < -0.3 is 19.5 Å². The van der Waals surface area contributed by atoms with E-state index in [-0.39, 0.29) is 0 Å². The van der Waals surface area contributed by atoms with Crippen molar-refractivity contribution in [2.45, 2.75) is 46.3 Å². The van der Waals surface area contributed by atoms with Crippen molar-refractivity contribution in [3.8, 4) is 0 Å². The molecule has 1 aliphatic heterocycles. The minimum atomic E-state index is 0.519. The number of ether oxygens (including phenoxy) is 1. The molecule has 0 atom stereocenters. The lowest BCUT2D eigenvalue weighted by atomic mass is 10.1. The molecule has 1 fully saturated rings. The molecule has 1 aliphatic rings. The van der Waals surface area contributed by atoms with Crippen LogP contribution in [0.2, 0.25) is 0 Å². The van der Waals surface area contributed by atoms with Crippen LogP contribution in [0.1, 0.15) is 44.6 Å². The van der Waals surface area contributed by atoms with Crippen LogP contribution in [-0.2, 0) is 17.9 Å². The normalized spacial score (nSPS) is 16.7. The number of likely N-dealkylation sites (tertiary alicyclic amines) is 1. The Hall–Kier alpha value is -0.910. The zero-order valence-corrected chi connectivity index (χ0v) is 13.4. The van der Waals surface area contributed by atoms with Crippen LogP contribution < -0.4 is 5.32 Å². The number of hydrogen-bond acceptors (Lipinski definition) is 5. The van der Waals surface area contributed by atoms with Gasteiger partial charge in [-0.05, 0) is 38.4 Å². The van der Waals surface area contributed by atoms with Crippen molar-refractivity contribution in [1.29, 1.82) is 0 Å². The Morgan fingerprint density at radius 2 is 2.14 bits per heavy atom. The average Bonchev–Trinajstić information content (AvgIpc) is 2.92. The number of hydrogen-bond donors (Lipinski definition) is 1. The number of nitrogens with zero attached hydrogens (tertiary/aromatic N) is 2.